The number of benzene rings is 1. The molecule has 0 aliphatic carbocycles. The Bertz CT molecular complexity index is 624. The molecule has 1 fully saturated rings. The van der Waals surface area contributed by atoms with Gasteiger partial charge in [0, 0.05) is 20.1 Å². The number of guanidine groups is 1. The number of methoxy groups -OCH3 is 1. The lowest BCUT2D eigenvalue weighted by Gasteiger charge is -2.23. The number of aliphatic imine (C=N–C) groups is 1. The minimum atomic E-state index is -0.151. The molecule has 0 spiro atoms. The molecule has 3 atom stereocenters. The van der Waals surface area contributed by atoms with Gasteiger partial charge in [-0.2, -0.15) is 0 Å². The molecule has 1 aliphatic rings. The fourth-order valence-electron chi connectivity index (χ4n) is 3.13. The highest BCUT2D eigenvalue weighted by atomic mass is 127. The van der Waals surface area contributed by atoms with Gasteiger partial charge in [-0.1, -0.05) is 19.1 Å². The minimum absolute atomic E-state index is 0. The highest BCUT2D eigenvalue weighted by Gasteiger charge is 2.36. The van der Waals surface area contributed by atoms with Gasteiger partial charge in [0.15, 0.2) is 5.96 Å². The number of esters is 1. The van der Waals surface area contributed by atoms with E-state index in [0.29, 0.717) is 13.1 Å². The largest absolute Gasteiger partial charge is 0.489 e. The van der Waals surface area contributed by atoms with Crippen molar-refractivity contribution in [2.45, 2.75) is 26.9 Å². The molecule has 0 radical (unpaired) electrons. The molecule has 1 aromatic rings. The van der Waals surface area contributed by atoms with Crippen molar-refractivity contribution in [2.24, 2.45) is 16.8 Å². The summed E-state index contributed by atoms with van der Waals surface area (Å²) >= 11 is 0. The highest BCUT2D eigenvalue weighted by molar-refractivity contribution is 14.0. The Balaban J connectivity index is 0.00000338. The molecular weight excluding hydrogens is 445 g/mol. The molecule has 0 amide bonds. The highest BCUT2D eigenvalue weighted by Crippen LogP contribution is 2.24. The maximum Gasteiger partial charge on any atom is 0.310 e. The van der Waals surface area contributed by atoms with Gasteiger partial charge in [0.1, 0.15) is 11.9 Å². The van der Waals surface area contributed by atoms with Crippen molar-refractivity contribution in [2.75, 3.05) is 33.8 Å². The molecule has 146 valence electrons. The summed E-state index contributed by atoms with van der Waals surface area (Å²) in [7, 11) is 3.19. The quantitative estimate of drug-likeness (QED) is 0.307. The first-order valence-electron chi connectivity index (χ1n) is 8.71. The molecule has 1 aliphatic heterocycles. The first kappa shape index (κ1) is 22.5. The van der Waals surface area contributed by atoms with Gasteiger partial charge in [-0.15, -0.1) is 24.0 Å². The van der Waals surface area contributed by atoms with E-state index in [1.807, 2.05) is 38.1 Å². The van der Waals surface area contributed by atoms with E-state index in [1.54, 1.807) is 7.05 Å². The van der Waals surface area contributed by atoms with Gasteiger partial charge in [0.2, 0.25) is 0 Å². The molecule has 6 nitrogen and oxygen atoms in total. The zero-order valence-electron chi connectivity index (χ0n) is 16.2. The van der Waals surface area contributed by atoms with Gasteiger partial charge in [-0.05, 0) is 37.5 Å². The van der Waals surface area contributed by atoms with Crippen molar-refractivity contribution < 1.29 is 14.3 Å². The normalized spacial score (nSPS) is 21.0. The van der Waals surface area contributed by atoms with Gasteiger partial charge < -0.3 is 19.7 Å². The smallest absolute Gasteiger partial charge is 0.310 e. The summed E-state index contributed by atoms with van der Waals surface area (Å²) in [6.45, 7) is 8.18. The minimum Gasteiger partial charge on any atom is -0.489 e. The third kappa shape index (κ3) is 6.03. The van der Waals surface area contributed by atoms with E-state index >= 15 is 0 Å². The van der Waals surface area contributed by atoms with Crippen LogP contribution in [0.2, 0.25) is 0 Å². The summed E-state index contributed by atoms with van der Waals surface area (Å²) in [6.07, 6.45) is -0.00465. The summed E-state index contributed by atoms with van der Waals surface area (Å²) in [5.74, 6) is 1.64. The van der Waals surface area contributed by atoms with Gasteiger partial charge in [0.25, 0.3) is 0 Å². The molecule has 7 heteroatoms. The Morgan fingerprint density at radius 1 is 1.42 bits per heavy atom. The molecule has 0 bridgehead atoms. The fraction of sp³-hybridized carbons (Fsp3) is 0.579. The molecule has 1 aromatic carbocycles. The van der Waals surface area contributed by atoms with Crippen LogP contribution in [-0.2, 0) is 9.53 Å². The van der Waals surface area contributed by atoms with E-state index in [2.05, 4.69) is 22.1 Å². The number of ether oxygens (including phenoxy) is 2. The lowest BCUT2D eigenvalue weighted by Crippen LogP contribution is -2.44. The number of likely N-dealkylation sites (tertiary alicyclic amines) is 1. The van der Waals surface area contributed by atoms with Crippen LogP contribution in [0, 0.1) is 18.8 Å². The molecule has 26 heavy (non-hydrogen) atoms. The summed E-state index contributed by atoms with van der Waals surface area (Å²) in [4.78, 5) is 18.3. The van der Waals surface area contributed by atoms with Crippen LogP contribution in [0.5, 0.6) is 5.75 Å². The van der Waals surface area contributed by atoms with Crippen molar-refractivity contribution in [3.05, 3.63) is 29.8 Å². The summed E-state index contributed by atoms with van der Waals surface area (Å²) in [5, 5.41) is 3.34. The van der Waals surface area contributed by atoms with Crippen LogP contribution in [0.3, 0.4) is 0 Å². The number of carbonyl (C=O) groups excluding carboxylic acids is 1. The summed E-state index contributed by atoms with van der Waals surface area (Å²) in [6, 6.07) is 8.02. The summed E-state index contributed by atoms with van der Waals surface area (Å²) < 4.78 is 10.8. The first-order chi connectivity index (χ1) is 11.9. The number of hydrogen-bond donors (Lipinski definition) is 1. The molecule has 3 unspecified atom stereocenters. The standard InChI is InChI=1S/C19H29N3O3.HI/c1-13-7-6-8-16(9-13)25-15(3)10-21-19(20-4)22-11-14(2)17(12-22)18(23)24-5;/h6-9,14-15,17H,10-12H2,1-5H3,(H,20,21);1H. The Kier molecular flexibility index (Phi) is 9.18. The van der Waals surface area contributed by atoms with E-state index in [1.165, 1.54) is 12.7 Å². The lowest BCUT2D eigenvalue weighted by atomic mass is 9.99. The third-order valence-corrected chi connectivity index (χ3v) is 4.50. The number of halogens is 1. The first-order valence-corrected chi connectivity index (χ1v) is 8.71. The molecule has 0 saturated carbocycles. The van der Waals surface area contributed by atoms with Crippen molar-refractivity contribution in [1.29, 1.82) is 0 Å². The van der Waals surface area contributed by atoms with E-state index in [9.17, 15) is 4.79 Å². The predicted octanol–water partition coefficient (Wildman–Crippen LogP) is 2.70. The maximum absolute atomic E-state index is 11.8. The van der Waals surface area contributed by atoms with Crippen LogP contribution in [0.15, 0.2) is 29.3 Å². The van der Waals surface area contributed by atoms with E-state index in [4.69, 9.17) is 9.47 Å². The Morgan fingerprint density at radius 2 is 2.15 bits per heavy atom. The number of nitrogens with zero attached hydrogens (tertiary/aromatic N) is 2. The van der Waals surface area contributed by atoms with Gasteiger partial charge in [-0.25, -0.2) is 0 Å². The van der Waals surface area contributed by atoms with Crippen molar-refractivity contribution in [3.8, 4) is 5.75 Å². The molecule has 1 N–H and O–H groups in total. The zero-order valence-corrected chi connectivity index (χ0v) is 18.5. The van der Waals surface area contributed by atoms with E-state index < -0.39 is 0 Å². The number of nitrogens with one attached hydrogen (secondary N) is 1. The monoisotopic (exact) mass is 475 g/mol. The van der Waals surface area contributed by atoms with Crippen LogP contribution in [-0.4, -0.2) is 56.7 Å². The Hall–Kier alpha value is -1.51. The van der Waals surface area contributed by atoms with Gasteiger partial charge >= 0.3 is 5.97 Å². The maximum atomic E-state index is 11.8. The van der Waals surface area contributed by atoms with E-state index in [-0.39, 0.29) is 47.9 Å². The second-order valence-corrected chi connectivity index (χ2v) is 6.69. The van der Waals surface area contributed by atoms with Crippen LogP contribution < -0.4 is 10.1 Å². The Labute approximate surface area is 173 Å². The third-order valence-electron chi connectivity index (χ3n) is 4.50. The van der Waals surface area contributed by atoms with Crippen LogP contribution >= 0.6 is 24.0 Å². The predicted molar refractivity (Wildman–Crippen MR) is 114 cm³/mol. The molecule has 0 aromatic heterocycles. The van der Waals surface area contributed by atoms with Crippen molar-refractivity contribution >= 4 is 35.9 Å². The second kappa shape index (κ2) is 10.6. The van der Waals surface area contributed by atoms with Crippen molar-refractivity contribution in [1.82, 2.24) is 10.2 Å². The average molecular weight is 475 g/mol. The average Bonchev–Trinajstić information content (AvgIpc) is 2.96. The number of rotatable bonds is 5. The molecular formula is C19H30IN3O3. The summed E-state index contributed by atoms with van der Waals surface area (Å²) in [5.41, 5.74) is 1.17. The molecule has 1 heterocycles. The Morgan fingerprint density at radius 3 is 2.77 bits per heavy atom. The van der Waals surface area contributed by atoms with Gasteiger partial charge in [-0.3, -0.25) is 9.79 Å². The van der Waals surface area contributed by atoms with Crippen LogP contribution in [0.4, 0.5) is 0 Å². The van der Waals surface area contributed by atoms with Crippen LogP contribution in [0.1, 0.15) is 19.4 Å². The second-order valence-electron chi connectivity index (χ2n) is 6.69. The zero-order chi connectivity index (χ0) is 18.4. The SMILES string of the molecule is CN=C(NCC(C)Oc1cccc(C)c1)N1CC(C)C(C(=O)OC)C1.I. The molecule has 1 saturated heterocycles. The van der Waals surface area contributed by atoms with Crippen LogP contribution in [0.25, 0.3) is 0 Å². The number of carbonyl (C=O) groups is 1. The fourth-order valence-corrected chi connectivity index (χ4v) is 3.13. The lowest BCUT2D eigenvalue weighted by molar-refractivity contribution is -0.145. The number of hydrogen-bond acceptors (Lipinski definition) is 4. The van der Waals surface area contributed by atoms with Crippen molar-refractivity contribution in [3.63, 3.8) is 0 Å². The van der Waals surface area contributed by atoms with Gasteiger partial charge in [0.05, 0.1) is 19.6 Å². The molecule has 2 rings (SSSR count). The van der Waals surface area contributed by atoms with E-state index in [0.717, 1.165) is 18.3 Å². The topological polar surface area (TPSA) is 63.2 Å². The number of aryl methyl sites for hydroxylation is 1.